The number of anilines is 1. The van der Waals surface area contributed by atoms with Gasteiger partial charge in [-0.2, -0.15) is 13.2 Å². The van der Waals surface area contributed by atoms with E-state index in [0.717, 1.165) is 12.3 Å². The van der Waals surface area contributed by atoms with Crippen molar-refractivity contribution in [1.82, 2.24) is 10.3 Å². The highest BCUT2D eigenvalue weighted by molar-refractivity contribution is 5.99. The Kier molecular flexibility index (Phi) is 4.83. The van der Waals surface area contributed by atoms with Crippen LogP contribution in [0.15, 0.2) is 12.3 Å². The summed E-state index contributed by atoms with van der Waals surface area (Å²) < 4.78 is 35.9. The second-order valence-electron chi connectivity index (χ2n) is 3.72. The summed E-state index contributed by atoms with van der Waals surface area (Å²) in [4.78, 5) is 25.2. The monoisotopic (exact) mass is 292 g/mol. The lowest BCUT2D eigenvalue weighted by atomic mass is 10.2. The van der Waals surface area contributed by atoms with Gasteiger partial charge in [0.05, 0.1) is 16.9 Å². The molecule has 20 heavy (non-hydrogen) atoms. The van der Waals surface area contributed by atoms with Crippen molar-refractivity contribution in [2.24, 2.45) is 0 Å². The van der Waals surface area contributed by atoms with E-state index < -0.39 is 35.7 Å². The van der Waals surface area contributed by atoms with E-state index in [1.54, 1.807) is 0 Å². The highest BCUT2D eigenvalue weighted by Gasteiger charge is 2.27. The van der Waals surface area contributed by atoms with Crippen LogP contribution in [0.2, 0.25) is 0 Å². The van der Waals surface area contributed by atoms with Gasteiger partial charge in [0, 0.05) is 19.7 Å². The molecule has 0 unspecified atom stereocenters. The number of hydrogen-bond acceptors (Lipinski definition) is 5. The Morgan fingerprint density at radius 3 is 2.65 bits per heavy atom. The minimum Gasteiger partial charge on any atom is -0.372 e. The van der Waals surface area contributed by atoms with E-state index in [1.165, 1.54) is 7.05 Å². The maximum atomic E-state index is 12.0. The molecular weight excluding hydrogens is 281 g/mol. The van der Waals surface area contributed by atoms with Crippen LogP contribution in [-0.2, 0) is 0 Å². The summed E-state index contributed by atoms with van der Waals surface area (Å²) in [6.45, 7) is -0.617. The molecule has 0 bridgehead atoms. The zero-order valence-electron chi connectivity index (χ0n) is 10.3. The fraction of sp³-hybridized carbons (Fsp3) is 0.400. The van der Waals surface area contributed by atoms with Crippen LogP contribution in [-0.4, -0.2) is 35.6 Å². The Morgan fingerprint density at radius 1 is 1.50 bits per heavy atom. The van der Waals surface area contributed by atoms with Gasteiger partial charge in [0.1, 0.15) is 12.0 Å². The highest BCUT2D eigenvalue weighted by Crippen LogP contribution is 2.20. The third-order valence-corrected chi connectivity index (χ3v) is 2.26. The molecule has 1 aromatic rings. The molecule has 0 fully saturated rings. The molecule has 0 spiro atoms. The Hall–Kier alpha value is -2.39. The maximum absolute atomic E-state index is 12.0. The van der Waals surface area contributed by atoms with E-state index in [2.05, 4.69) is 10.3 Å². The number of aromatic nitrogens is 1. The van der Waals surface area contributed by atoms with Gasteiger partial charge in [-0.15, -0.1) is 0 Å². The van der Waals surface area contributed by atoms with Crippen LogP contribution < -0.4 is 10.6 Å². The van der Waals surface area contributed by atoms with Crippen molar-refractivity contribution < 1.29 is 22.9 Å². The average Bonchev–Trinajstić information content (AvgIpc) is 2.36. The third kappa shape index (κ3) is 4.37. The van der Waals surface area contributed by atoms with E-state index >= 15 is 0 Å². The van der Waals surface area contributed by atoms with Crippen LogP contribution in [0.3, 0.4) is 0 Å². The molecule has 1 aromatic heterocycles. The number of amides is 1. The van der Waals surface area contributed by atoms with Crippen molar-refractivity contribution in [3.63, 3.8) is 0 Å². The Bertz CT molecular complexity index is 519. The maximum Gasteiger partial charge on any atom is 0.390 e. The molecule has 0 atom stereocenters. The number of carbonyl (C=O) groups is 1. The Morgan fingerprint density at radius 2 is 2.15 bits per heavy atom. The quantitative estimate of drug-likeness (QED) is 0.636. The number of halogens is 3. The topological polar surface area (TPSA) is 97.2 Å². The predicted molar refractivity (Wildman–Crippen MR) is 63.4 cm³/mol. The first kappa shape index (κ1) is 15.7. The largest absolute Gasteiger partial charge is 0.390 e. The zero-order chi connectivity index (χ0) is 15.3. The van der Waals surface area contributed by atoms with E-state index in [9.17, 15) is 28.1 Å². The molecule has 0 aromatic carbocycles. The summed E-state index contributed by atoms with van der Waals surface area (Å²) in [5.41, 5.74) is -0.617. The van der Waals surface area contributed by atoms with Gasteiger partial charge in [-0.25, -0.2) is 4.98 Å². The van der Waals surface area contributed by atoms with E-state index in [-0.39, 0.29) is 11.4 Å². The first-order valence-electron chi connectivity index (χ1n) is 5.41. The fourth-order valence-electron chi connectivity index (χ4n) is 1.34. The Balaban J connectivity index is 2.85. The lowest BCUT2D eigenvalue weighted by molar-refractivity contribution is -0.385. The second-order valence-corrected chi connectivity index (χ2v) is 3.72. The van der Waals surface area contributed by atoms with E-state index in [1.807, 2.05) is 5.32 Å². The Labute approximate surface area is 111 Å². The summed E-state index contributed by atoms with van der Waals surface area (Å²) in [5, 5.41) is 15.2. The van der Waals surface area contributed by atoms with Crippen LogP contribution in [0.1, 0.15) is 16.8 Å². The number of nitrogens with zero attached hydrogens (tertiary/aromatic N) is 2. The van der Waals surface area contributed by atoms with Crippen molar-refractivity contribution in [2.75, 3.05) is 18.9 Å². The van der Waals surface area contributed by atoms with Crippen molar-refractivity contribution >= 4 is 17.4 Å². The van der Waals surface area contributed by atoms with Gasteiger partial charge in [0.25, 0.3) is 11.6 Å². The normalized spacial score (nSPS) is 11.0. The zero-order valence-corrected chi connectivity index (χ0v) is 10.3. The van der Waals surface area contributed by atoms with Crippen LogP contribution in [0.4, 0.5) is 24.7 Å². The van der Waals surface area contributed by atoms with Crippen molar-refractivity contribution in [3.05, 3.63) is 27.9 Å². The number of nitro groups is 1. The number of carbonyl (C=O) groups excluding carboxylic acids is 1. The van der Waals surface area contributed by atoms with Crippen LogP contribution in [0.25, 0.3) is 0 Å². The number of hydrogen-bond donors (Lipinski definition) is 2. The van der Waals surface area contributed by atoms with Gasteiger partial charge >= 0.3 is 6.18 Å². The van der Waals surface area contributed by atoms with Crippen molar-refractivity contribution in [1.29, 1.82) is 0 Å². The van der Waals surface area contributed by atoms with Gasteiger partial charge < -0.3 is 10.6 Å². The standard InChI is InChI=1S/C10H11F3N4O3/c1-14-8-7(4-6(5-16-8)17(19)20)9(18)15-3-2-10(11,12)13/h4-5H,2-3H2,1H3,(H,14,16)(H,15,18). The molecule has 0 saturated heterocycles. The molecule has 1 amide bonds. The minimum absolute atomic E-state index is 0.0418. The molecule has 2 N–H and O–H groups in total. The molecule has 0 radical (unpaired) electrons. The number of alkyl halides is 3. The lowest BCUT2D eigenvalue weighted by Crippen LogP contribution is -2.28. The molecule has 110 valence electrons. The predicted octanol–water partition coefficient (Wildman–Crippen LogP) is 1.71. The molecule has 0 aliphatic rings. The number of rotatable bonds is 5. The summed E-state index contributed by atoms with van der Waals surface area (Å²) in [7, 11) is 1.43. The molecule has 1 rings (SSSR count). The van der Waals surface area contributed by atoms with E-state index in [4.69, 9.17) is 0 Å². The molecule has 0 aliphatic heterocycles. The summed E-state index contributed by atoms with van der Waals surface area (Å²) in [5.74, 6) is -0.824. The first-order valence-corrected chi connectivity index (χ1v) is 5.41. The summed E-state index contributed by atoms with van der Waals surface area (Å²) >= 11 is 0. The SMILES string of the molecule is CNc1ncc([N+](=O)[O-])cc1C(=O)NCCC(F)(F)F. The van der Waals surface area contributed by atoms with Gasteiger partial charge in [-0.1, -0.05) is 0 Å². The summed E-state index contributed by atoms with van der Waals surface area (Å²) in [6.07, 6.45) is -4.63. The van der Waals surface area contributed by atoms with Crippen LogP contribution >= 0.6 is 0 Å². The molecular formula is C10H11F3N4O3. The third-order valence-electron chi connectivity index (χ3n) is 2.26. The molecule has 0 aliphatic carbocycles. The average molecular weight is 292 g/mol. The lowest BCUT2D eigenvalue weighted by Gasteiger charge is -2.10. The van der Waals surface area contributed by atoms with Crippen molar-refractivity contribution in [2.45, 2.75) is 12.6 Å². The van der Waals surface area contributed by atoms with Gasteiger partial charge in [0.15, 0.2) is 0 Å². The summed E-state index contributed by atoms with van der Waals surface area (Å²) in [6, 6.07) is 0.946. The number of nitrogens with one attached hydrogen (secondary N) is 2. The number of pyridine rings is 1. The highest BCUT2D eigenvalue weighted by atomic mass is 19.4. The smallest absolute Gasteiger partial charge is 0.372 e. The van der Waals surface area contributed by atoms with Crippen molar-refractivity contribution in [3.8, 4) is 0 Å². The van der Waals surface area contributed by atoms with Crippen LogP contribution in [0, 0.1) is 10.1 Å². The first-order chi connectivity index (χ1) is 9.24. The molecule has 7 nitrogen and oxygen atoms in total. The van der Waals surface area contributed by atoms with Gasteiger partial charge in [-0.05, 0) is 0 Å². The minimum atomic E-state index is -4.39. The fourth-order valence-corrected chi connectivity index (χ4v) is 1.34. The second kappa shape index (κ2) is 6.17. The molecule has 1 heterocycles. The van der Waals surface area contributed by atoms with Gasteiger partial charge in [0.2, 0.25) is 0 Å². The van der Waals surface area contributed by atoms with Crippen LogP contribution in [0.5, 0.6) is 0 Å². The molecule has 10 heteroatoms. The van der Waals surface area contributed by atoms with Gasteiger partial charge in [-0.3, -0.25) is 14.9 Å². The van der Waals surface area contributed by atoms with E-state index in [0.29, 0.717) is 0 Å². The molecule has 0 saturated carbocycles.